The van der Waals surface area contributed by atoms with E-state index in [0.717, 1.165) is 32.4 Å². The van der Waals surface area contributed by atoms with Gasteiger partial charge in [-0.3, -0.25) is 9.59 Å². The van der Waals surface area contributed by atoms with Crippen LogP contribution in [0.25, 0.3) is 0 Å². The summed E-state index contributed by atoms with van der Waals surface area (Å²) < 4.78 is 0. The van der Waals surface area contributed by atoms with Crippen LogP contribution in [0.4, 0.5) is 11.4 Å². The Hall–Kier alpha value is -1.95. The number of hydrogen-bond acceptors (Lipinski definition) is 3. The van der Waals surface area contributed by atoms with E-state index >= 15 is 0 Å². The minimum absolute atomic E-state index is 0.00323. The van der Waals surface area contributed by atoms with E-state index in [9.17, 15) is 9.59 Å². The molecule has 0 aliphatic carbocycles. The van der Waals surface area contributed by atoms with Crippen LogP contribution in [-0.2, 0) is 4.79 Å². The second-order valence-electron chi connectivity index (χ2n) is 6.58. The third kappa shape index (κ3) is 5.31. The van der Waals surface area contributed by atoms with Gasteiger partial charge >= 0.3 is 0 Å². The number of carbonyl (C=O) groups is 2. The topological polar surface area (TPSA) is 61.4 Å². The second kappa shape index (κ2) is 9.50. The summed E-state index contributed by atoms with van der Waals surface area (Å²) in [6.07, 6.45) is 3.23. The fraction of sp³-hybridized carbons (Fsp3) is 0.300. The molecule has 8 heteroatoms. The van der Waals surface area contributed by atoms with Gasteiger partial charge in [0.05, 0.1) is 27.3 Å². The molecule has 0 spiro atoms. The lowest BCUT2D eigenvalue weighted by atomic mass is 10.1. The molecular formula is C20H20Cl3N3O2. The zero-order chi connectivity index (χ0) is 20.1. The molecule has 0 radical (unpaired) electrons. The highest BCUT2D eigenvalue weighted by molar-refractivity contribution is 6.44. The Kier molecular flexibility index (Phi) is 7.05. The lowest BCUT2D eigenvalue weighted by molar-refractivity contribution is -0.114. The Bertz CT molecular complexity index is 883. The zero-order valence-corrected chi connectivity index (χ0v) is 17.4. The molecule has 28 heavy (non-hydrogen) atoms. The molecule has 0 saturated carbocycles. The van der Waals surface area contributed by atoms with Crippen LogP contribution in [0.1, 0.15) is 29.6 Å². The summed E-state index contributed by atoms with van der Waals surface area (Å²) in [6, 6.07) is 10.0. The Morgan fingerprint density at radius 2 is 1.64 bits per heavy atom. The van der Waals surface area contributed by atoms with Crippen LogP contribution in [0.15, 0.2) is 36.4 Å². The van der Waals surface area contributed by atoms with Crippen molar-refractivity contribution >= 4 is 58.0 Å². The second-order valence-corrected chi connectivity index (χ2v) is 7.80. The van der Waals surface area contributed by atoms with E-state index in [1.807, 2.05) is 4.90 Å². The Balaban J connectivity index is 1.60. The lowest BCUT2D eigenvalue weighted by Gasteiger charge is -2.26. The van der Waals surface area contributed by atoms with Crippen LogP contribution in [-0.4, -0.2) is 36.3 Å². The number of piperidine rings is 1. The van der Waals surface area contributed by atoms with Gasteiger partial charge in [-0.1, -0.05) is 40.9 Å². The molecule has 1 heterocycles. The van der Waals surface area contributed by atoms with Gasteiger partial charge in [0, 0.05) is 24.3 Å². The van der Waals surface area contributed by atoms with Crippen molar-refractivity contribution in [3.05, 3.63) is 57.0 Å². The average Bonchev–Trinajstić information content (AvgIpc) is 2.70. The van der Waals surface area contributed by atoms with Gasteiger partial charge < -0.3 is 15.5 Å². The highest BCUT2D eigenvalue weighted by Gasteiger charge is 2.18. The summed E-state index contributed by atoms with van der Waals surface area (Å²) in [6.45, 7) is 1.55. The van der Waals surface area contributed by atoms with Gasteiger partial charge in [0.15, 0.2) is 0 Å². The third-order valence-electron chi connectivity index (χ3n) is 4.49. The van der Waals surface area contributed by atoms with Gasteiger partial charge in [-0.25, -0.2) is 0 Å². The predicted molar refractivity (Wildman–Crippen MR) is 115 cm³/mol. The molecule has 1 fully saturated rings. The van der Waals surface area contributed by atoms with Gasteiger partial charge in [-0.2, -0.15) is 0 Å². The summed E-state index contributed by atoms with van der Waals surface area (Å²) in [5.41, 5.74) is 1.65. The molecule has 2 aromatic carbocycles. The number of carbonyl (C=O) groups excluding carboxylic acids is 2. The number of rotatable bonds is 5. The van der Waals surface area contributed by atoms with Crippen molar-refractivity contribution in [3.63, 3.8) is 0 Å². The van der Waals surface area contributed by atoms with E-state index in [2.05, 4.69) is 10.6 Å². The van der Waals surface area contributed by atoms with Gasteiger partial charge in [0.2, 0.25) is 5.91 Å². The maximum absolute atomic E-state index is 12.6. The van der Waals surface area contributed by atoms with Crippen LogP contribution < -0.4 is 10.6 Å². The van der Waals surface area contributed by atoms with Crippen molar-refractivity contribution in [3.8, 4) is 0 Å². The van der Waals surface area contributed by atoms with Gasteiger partial charge in [-0.15, -0.1) is 0 Å². The van der Waals surface area contributed by atoms with Crippen molar-refractivity contribution in [2.75, 3.05) is 30.3 Å². The number of amides is 2. The quantitative estimate of drug-likeness (QED) is 0.618. The van der Waals surface area contributed by atoms with Crippen molar-refractivity contribution < 1.29 is 9.59 Å². The molecule has 148 valence electrons. The molecule has 1 aliphatic heterocycles. The lowest BCUT2D eigenvalue weighted by Crippen LogP contribution is -2.35. The Labute approximate surface area is 178 Å². The van der Waals surface area contributed by atoms with Crippen LogP contribution in [0.2, 0.25) is 15.1 Å². The maximum atomic E-state index is 12.6. The van der Waals surface area contributed by atoms with E-state index < -0.39 is 0 Å². The first kappa shape index (κ1) is 20.8. The summed E-state index contributed by atoms with van der Waals surface area (Å²) in [7, 11) is 0. The van der Waals surface area contributed by atoms with Crippen LogP contribution in [0.3, 0.4) is 0 Å². The van der Waals surface area contributed by atoms with Gasteiger partial charge in [-0.05, 0) is 49.6 Å². The smallest absolute Gasteiger partial charge is 0.253 e. The minimum Gasteiger partial charge on any atom is -0.375 e. The van der Waals surface area contributed by atoms with Crippen LogP contribution in [0, 0.1) is 0 Å². The molecule has 5 nitrogen and oxygen atoms in total. The van der Waals surface area contributed by atoms with Crippen LogP contribution in [0.5, 0.6) is 0 Å². The number of benzene rings is 2. The molecule has 0 atom stereocenters. The molecule has 1 aliphatic rings. The van der Waals surface area contributed by atoms with Crippen molar-refractivity contribution in [1.82, 2.24) is 4.90 Å². The highest BCUT2D eigenvalue weighted by Crippen LogP contribution is 2.32. The largest absolute Gasteiger partial charge is 0.375 e. The number of nitrogens with one attached hydrogen (secondary N) is 2. The van der Waals surface area contributed by atoms with E-state index in [-0.39, 0.29) is 18.4 Å². The summed E-state index contributed by atoms with van der Waals surface area (Å²) >= 11 is 18.0. The molecule has 0 bridgehead atoms. The number of hydrogen-bond donors (Lipinski definition) is 2. The predicted octanol–water partition coefficient (Wildman–Crippen LogP) is 5.32. The number of nitrogens with zero attached hydrogens (tertiary/aromatic N) is 1. The monoisotopic (exact) mass is 439 g/mol. The first-order valence-electron chi connectivity index (χ1n) is 9.01. The molecule has 3 rings (SSSR count). The molecule has 2 aromatic rings. The Morgan fingerprint density at radius 1 is 0.929 bits per heavy atom. The SMILES string of the molecule is O=C(CNc1cc(Cl)c(Cl)cc1Cl)Nc1cccc(C(=O)N2CCCCC2)c1. The van der Waals surface area contributed by atoms with E-state index in [1.165, 1.54) is 6.07 Å². The maximum Gasteiger partial charge on any atom is 0.253 e. The van der Waals surface area contributed by atoms with Gasteiger partial charge in [0.25, 0.3) is 5.91 Å². The van der Waals surface area contributed by atoms with Crippen molar-refractivity contribution in [2.45, 2.75) is 19.3 Å². The fourth-order valence-electron chi connectivity index (χ4n) is 3.05. The first-order chi connectivity index (χ1) is 13.4. The standard InChI is InChI=1S/C20H20Cl3N3O2/c21-15-10-17(23)18(11-16(15)22)24-12-19(27)25-14-6-4-5-13(9-14)20(28)26-7-2-1-3-8-26/h4-6,9-11,24H,1-3,7-8,12H2,(H,25,27). The first-order valence-corrected chi connectivity index (χ1v) is 10.1. The molecule has 2 amide bonds. The summed E-state index contributed by atoms with van der Waals surface area (Å²) in [4.78, 5) is 26.7. The molecule has 2 N–H and O–H groups in total. The number of anilines is 2. The van der Waals surface area contributed by atoms with E-state index in [1.54, 1.807) is 30.3 Å². The summed E-state index contributed by atoms with van der Waals surface area (Å²) in [5.74, 6) is -0.277. The average molecular weight is 441 g/mol. The number of likely N-dealkylation sites (tertiary alicyclic amines) is 1. The molecule has 0 aromatic heterocycles. The van der Waals surface area contributed by atoms with Crippen molar-refractivity contribution in [1.29, 1.82) is 0 Å². The van der Waals surface area contributed by atoms with E-state index in [0.29, 0.717) is 32.0 Å². The molecule has 0 unspecified atom stereocenters. The van der Waals surface area contributed by atoms with E-state index in [4.69, 9.17) is 34.8 Å². The third-order valence-corrected chi connectivity index (χ3v) is 5.52. The Morgan fingerprint density at radius 3 is 2.39 bits per heavy atom. The fourth-order valence-corrected chi connectivity index (χ4v) is 3.66. The normalized spacial score (nSPS) is 13.9. The van der Waals surface area contributed by atoms with Crippen molar-refractivity contribution in [2.24, 2.45) is 0 Å². The summed E-state index contributed by atoms with van der Waals surface area (Å²) in [5, 5.41) is 6.77. The highest BCUT2D eigenvalue weighted by atomic mass is 35.5. The van der Waals surface area contributed by atoms with Crippen LogP contribution >= 0.6 is 34.8 Å². The minimum atomic E-state index is -0.273. The zero-order valence-electron chi connectivity index (χ0n) is 15.1. The molecule has 1 saturated heterocycles. The molecular weight excluding hydrogens is 421 g/mol. The number of halogens is 3. The van der Waals surface area contributed by atoms with Gasteiger partial charge in [0.1, 0.15) is 0 Å².